The van der Waals surface area contributed by atoms with Crippen molar-refractivity contribution in [2.24, 2.45) is 0 Å². The van der Waals surface area contributed by atoms with Crippen LogP contribution < -0.4 is 0 Å². The van der Waals surface area contributed by atoms with Crippen LogP contribution in [0.15, 0.2) is 134 Å². The van der Waals surface area contributed by atoms with Gasteiger partial charge in [-0.25, -0.2) is 4.98 Å². The van der Waals surface area contributed by atoms with Crippen molar-refractivity contribution in [2.75, 3.05) is 0 Å². The maximum Gasteiger partial charge on any atom is 0.0757 e. The molecule has 0 aliphatic carbocycles. The van der Waals surface area contributed by atoms with Crippen LogP contribution in [0.25, 0.3) is 21.8 Å². The fourth-order valence-corrected chi connectivity index (χ4v) is 7.14. The largest absolute Gasteiger partial charge is 0.287 e. The Kier molecular flexibility index (Phi) is 11.9. The molecule has 5 aromatic heterocycles. The van der Waals surface area contributed by atoms with Crippen LogP contribution in [-0.2, 0) is 45.7 Å². The number of hydrogen-bond acceptors (Lipinski definition) is 7. The van der Waals surface area contributed by atoms with Gasteiger partial charge in [0.15, 0.2) is 0 Å². The van der Waals surface area contributed by atoms with Gasteiger partial charge in [-0.1, -0.05) is 86.8 Å². The van der Waals surface area contributed by atoms with E-state index in [-0.39, 0.29) is 0 Å². The van der Waals surface area contributed by atoms with Crippen molar-refractivity contribution in [2.45, 2.75) is 78.3 Å². The number of unbranched alkanes of at least 4 members (excludes halogenated alkanes) is 3. The zero-order valence-corrected chi connectivity index (χ0v) is 30.1. The van der Waals surface area contributed by atoms with Crippen molar-refractivity contribution in [1.29, 1.82) is 0 Å². The van der Waals surface area contributed by atoms with Crippen LogP contribution in [-0.4, -0.2) is 34.7 Å². The van der Waals surface area contributed by atoms with E-state index in [9.17, 15) is 0 Å². The third kappa shape index (κ3) is 9.10. The number of benzene rings is 2. The van der Waals surface area contributed by atoms with E-state index in [4.69, 9.17) is 4.98 Å². The summed E-state index contributed by atoms with van der Waals surface area (Å²) in [6, 6.07) is 38.0. The van der Waals surface area contributed by atoms with E-state index in [1.165, 1.54) is 46.7 Å². The highest BCUT2D eigenvalue weighted by molar-refractivity contribution is 5.99. The molecule has 0 amide bonds. The van der Waals surface area contributed by atoms with Gasteiger partial charge in [0.05, 0.1) is 33.8 Å². The number of nitrogens with zero attached hydrogens (tertiary/aromatic N) is 7. The van der Waals surface area contributed by atoms with E-state index in [1.807, 2.05) is 49.1 Å². The second-order valence-electron chi connectivity index (χ2n) is 13.6. The highest BCUT2D eigenvalue weighted by atomic mass is 15.1. The Balaban J connectivity index is 1.30. The summed E-state index contributed by atoms with van der Waals surface area (Å²) in [5.74, 6) is 0. The topological polar surface area (TPSA) is 70.9 Å². The maximum atomic E-state index is 5.60. The lowest BCUT2D eigenvalue weighted by molar-refractivity contribution is 0.242. The molecule has 0 atom stereocenters. The summed E-state index contributed by atoms with van der Waals surface area (Å²) >= 11 is 0. The Hall–Kier alpha value is -5.37. The van der Waals surface area contributed by atoms with Crippen molar-refractivity contribution >= 4 is 21.8 Å². The quantitative estimate of drug-likeness (QED) is 0.0699. The molecule has 2 aromatic carbocycles. The van der Waals surface area contributed by atoms with E-state index < -0.39 is 0 Å². The summed E-state index contributed by atoms with van der Waals surface area (Å²) in [5.41, 5.74) is 10.2. The van der Waals surface area contributed by atoms with Gasteiger partial charge in [-0.15, -0.1) is 0 Å². The van der Waals surface area contributed by atoms with Gasteiger partial charge in [-0.05, 0) is 78.1 Å². The SMILES string of the molecule is CCCCCCc1c2cccc(CN(Cc3ccccn3)Cc3ccccn3)c2nc2c(CN(Cc3ccccn3)Cc3ccccn3)cccc12. The summed E-state index contributed by atoms with van der Waals surface area (Å²) < 4.78 is 0. The Morgan fingerprint density at radius 3 is 1.21 bits per heavy atom. The lowest BCUT2D eigenvalue weighted by Gasteiger charge is -2.24. The summed E-state index contributed by atoms with van der Waals surface area (Å²) in [6.07, 6.45) is 13.4. The van der Waals surface area contributed by atoms with Crippen molar-refractivity contribution < 1.29 is 0 Å². The van der Waals surface area contributed by atoms with E-state index in [2.05, 4.69) is 122 Å². The van der Waals surface area contributed by atoms with Crippen LogP contribution in [0, 0.1) is 0 Å². The van der Waals surface area contributed by atoms with Gasteiger partial charge >= 0.3 is 0 Å². The summed E-state index contributed by atoms with van der Waals surface area (Å²) in [7, 11) is 0. The number of hydrogen-bond donors (Lipinski definition) is 0. The van der Waals surface area contributed by atoms with Gasteiger partial charge in [-0.3, -0.25) is 29.7 Å². The summed E-state index contributed by atoms with van der Waals surface area (Å²) in [5, 5.41) is 2.51. The number of pyridine rings is 5. The molecule has 0 fully saturated rings. The van der Waals surface area contributed by atoms with E-state index in [1.54, 1.807) is 0 Å². The molecule has 0 aliphatic heterocycles. The number of rotatable bonds is 17. The molecule has 0 bridgehead atoms. The van der Waals surface area contributed by atoms with Gasteiger partial charge in [0.1, 0.15) is 0 Å². The fourth-order valence-electron chi connectivity index (χ4n) is 7.14. The standard InChI is InChI=1S/C45H47N7/c1-2-3-4-5-22-41-42-23-14-16-35(29-51(31-37-18-6-10-25-46-37)32-38-19-7-11-26-47-38)44(42)50-45-36(17-15-24-43(41)45)30-52(33-39-20-8-12-27-48-39)34-40-21-9-13-28-49-40/h6-21,23-28H,2-5,22,29-34H2,1H3. The van der Waals surface area contributed by atoms with Crippen LogP contribution in [0.5, 0.6) is 0 Å². The van der Waals surface area contributed by atoms with Crippen molar-refractivity contribution in [1.82, 2.24) is 34.7 Å². The molecule has 0 saturated carbocycles. The Labute approximate surface area is 307 Å². The molecule has 262 valence electrons. The zero-order chi connectivity index (χ0) is 35.4. The van der Waals surface area contributed by atoms with Gasteiger partial charge in [0.25, 0.3) is 0 Å². The highest BCUT2D eigenvalue weighted by Gasteiger charge is 2.19. The number of aryl methyl sites for hydroxylation is 1. The van der Waals surface area contributed by atoms with E-state index >= 15 is 0 Å². The average Bonchev–Trinajstić information content (AvgIpc) is 3.18. The number of para-hydroxylation sites is 2. The minimum atomic E-state index is 0.715. The molecule has 7 nitrogen and oxygen atoms in total. The van der Waals surface area contributed by atoms with Gasteiger partial charge in [-0.2, -0.15) is 0 Å². The molecule has 0 saturated heterocycles. The average molecular weight is 686 g/mol. The molecule has 7 rings (SSSR count). The Morgan fingerprint density at radius 1 is 0.423 bits per heavy atom. The Bertz CT molecular complexity index is 1910. The number of aromatic nitrogens is 5. The molecular formula is C45H47N7. The molecule has 5 heterocycles. The minimum absolute atomic E-state index is 0.715. The first kappa shape index (κ1) is 35.1. The van der Waals surface area contributed by atoms with Crippen LogP contribution in [0.2, 0.25) is 0 Å². The lowest BCUT2D eigenvalue weighted by Crippen LogP contribution is -2.24. The first-order chi connectivity index (χ1) is 25.7. The first-order valence-corrected chi connectivity index (χ1v) is 18.6. The van der Waals surface area contributed by atoms with Crippen LogP contribution in [0.1, 0.15) is 72.1 Å². The molecule has 7 heteroatoms. The number of fused-ring (bicyclic) bond motifs is 2. The van der Waals surface area contributed by atoms with Crippen LogP contribution in [0.3, 0.4) is 0 Å². The Morgan fingerprint density at radius 2 is 0.846 bits per heavy atom. The fraction of sp³-hybridized carbons (Fsp3) is 0.267. The highest BCUT2D eigenvalue weighted by Crippen LogP contribution is 2.33. The smallest absolute Gasteiger partial charge is 0.0757 e. The predicted octanol–water partition coefficient (Wildman–Crippen LogP) is 9.50. The van der Waals surface area contributed by atoms with E-state index in [0.717, 1.165) is 59.7 Å². The molecule has 0 spiro atoms. The maximum absolute atomic E-state index is 5.60. The van der Waals surface area contributed by atoms with Crippen LogP contribution in [0.4, 0.5) is 0 Å². The molecule has 0 unspecified atom stereocenters. The molecular weight excluding hydrogens is 639 g/mol. The van der Waals surface area contributed by atoms with Crippen molar-refractivity contribution in [3.63, 3.8) is 0 Å². The van der Waals surface area contributed by atoms with Crippen LogP contribution >= 0.6 is 0 Å². The first-order valence-electron chi connectivity index (χ1n) is 18.6. The van der Waals surface area contributed by atoms with Gasteiger partial charge in [0, 0.05) is 74.8 Å². The normalized spacial score (nSPS) is 11.6. The monoisotopic (exact) mass is 685 g/mol. The lowest BCUT2D eigenvalue weighted by atomic mass is 9.94. The molecule has 52 heavy (non-hydrogen) atoms. The van der Waals surface area contributed by atoms with E-state index in [0.29, 0.717) is 26.2 Å². The third-order valence-electron chi connectivity index (χ3n) is 9.63. The minimum Gasteiger partial charge on any atom is -0.287 e. The zero-order valence-electron chi connectivity index (χ0n) is 30.1. The molecule has 0 N–H and O–H groups in total. The van der Waals surface area contributed by atoms with Gasteiger partial charge in [0.2, 0.25) is 0 Å². The third-order valence-corrected chi connectivity index (χ3v) is 9.63. The van der Waals surface area contributed by atoms with Crippen molar-refractivity contribution in [3.8, 4) is 0 Å². The summed E-state index contributed by atoms with van der Waals surface area (Å²) in [4.78, 5) is 29.2. The molecule has 0 aliphatic rings. The van der Waals surface area contributed by atoms with Crippen molar-refractivity contribution in [3.05, 3.63) is 173 Å². The summed E-state index contributed by atoms with van der Waals surface area (Å²) in [6.45, 7) is 6.59. The molecule has 0 radical (unpaired) electrons. The predicted molar refractivity (Wildman–Crippen MR) is 210 cm³/mol. The van der Waals surface area contributed by atoms with Gasteiger partial charge < -0.3 is 0 Å². The molecule has 7 aromatic rings. The second-order valence-corrected chi connectivity index (χ2v) is 13.6. The second kappa shape index (κ2) is 17.7.